The van der Waals surface area contributed by atoms with Crippen LogP contribution in [0.25, 0.3) is 0 Å². The van der Waals surface area contributed by atoms with Crippen LogP contribution in [0.1, 0.15) is 18.4 Å². The molecule has 0 atom stereocenters. The monoisotopic (exact) mass is 284 g/mol. The Kier molecular flexibility index (Phi) is 4.37. The predicted molar refractivity (Wildman–Crippen MR) is 69.0 cm³/mol. The maximum absolute atomic E-state index is 13.6. The average Bonchev–Trinajstić information content (AvgIpc) is 3.22. The zero-order valence-corrected chi connectivity index (χ0v) is 11.0. The van der Waals surface area contributed by atoms with Crippen LogP contribution in [0.15, 0.2) is 18.2 Å². The summed E-state index contributed by atoms with van der Waals surface area (Å²) >= 11 is 5.64. The molecule has 0 radical (unpaired) electrons. The molecule has 0 aromatic heterocycles. The van der Waals surface area contributed by atoms with Crippen LogP contribution in [0, 0.1) is 5.82 Å². The molecular weight excluding hydrogens is 271 g/mol. The third-order valence-electron chi connectivity index (χ3n) is 2.99. The summed E-state index contributed by atoms with van der Waals surface area (Å²) in [5.41, 5.74) is 0.324. The lowest BCUT2D eigenvalue weighted by atomic mass is 10.2. The van der Waals surface area contributed by atoms with Crippen LogP contribution in [0.4, 0.5) is 4.39 Å². The van der Waals surface area contributed by atoms with Crippen molar-refractivity contribution in [1.82, 2.24) is 10.2 Å². The number of amides is 2. The fourth-order valence-corrected chi connectivity index (χ4v) is 1.95. The van der Waals surface area contributed by atoms with Gasteiger partial charge in [0.25, 0.3) is 0 Å². The van der Waals surface area contributed by atoms with Crippen LogP contribution in [0.2, 0.25) is 5.02 Å². The molecule has 1 aromatic rings. The third kappa shape index (κ3) is 3.67. The van der Waals surface area contributed by atoms with Gasteiger partial charge in [0.05, 0.1) is 11.6 Å². The van der Waals surface area contributed by atoms with Gasteiger partial charge in [-0.3, -0.25) is 9.59 Å². The summed E-state index contributed by atoms with van der Waals surface area (Å²) in [5, 5.41) is 2.60. The summed E-state index contributed by atoms with van der Waals surface area (Å²) < 4.78 is 13.6. The van der Waals surface area contributed by atoms with E-state index in [-0.39, 0.29) is 30.1 Å². The standard InChI is InChI=1S/C13H14ClFN2O2/c14-11-3-1-2-9(13(11)15)6-16-12(19)7-17(8-18)10-4-5-10/h1-3,8,10H,4-7H2,(H,16,19). The van der Waals surface area contributed by atoms with Gasteiger partial charge in [0.1, 0.15) is 5.82 Å². The molecule has 2 rings (SSSR count). The van der Waals surface area contributed by atoms with Crippen molar-refractivity contribution in [3.05, 3.63) is 34.6 Å². The van der Waals surface area contributed by atoms with E-state index in [4.69, 9.17) is 11.6 Å². The summed E-state index contributed by atoms with van der Waals surface area (Å²) in [6.07, 6.45) is 2.56. The lowest BCUT2D eigenvalue weighted by molar-refractivity contribution is -0.128. The molecule has 1 aliphatic rings. The number of benzene rings is 1. The van der Waals surface area contributed by atoms with Crippen LogP contribution in [-0.4, -0.2) is 29.8 Å². The number of nitrogens with zero attached hydrogens (tertiary/aromatic N) is 1. The molecule has 1 aromatic carbocycles. The Morgan fingerprint density at radius 3 is 2.89 bits per heavy atom. The van der Waals surface area contributed by atoms with Gasteiger partial charge in [0.15, 0.2) is 0 Å². The number of nitrogens with one attached hydrogen (secondary N) is 1. The average molecular weight is 285 g/mol. The Morgan fingerprint density at radius 1 is 1.53 bits per heavy atom. The topological polar surface area (TPSA) is 49.4 Å². The van der Waals surface area contributed by atoms with Crippen molar-refractivity contribution < 1.29 is 14.0 Å². The number of hydrogen-bond donors (Lipinski definition) is 1. The van der Waals surface area contributed by atoms with Crippen molar-refractivity contribution in [3.8, 4) is 0 Å². The summed E-state index contributed by atoms with van der Waals surface area (Å²) in [6, 6.07) is 4.81. The first kappa shape index (κ1) is 13.8. The molecule has 0 aliphatic heterocycles. The van der Waals surface area contributed by atoms with Crippen LogP contribution < -0.4 is 5.32 Å². The molecule has 1 saturated carbocycles. The van der Waals surface area contributed by atoms with Crippen LogP contribution >= 0.6 is 11.6 Å². The normalized spacial score (nSPS) is 14.0. The predicted octanol–water partition coefficient (Wildman–Crippen LogP) is 1.72. The fourth-order valence-electron chi connectivity index (χ4n) is 1.76. The van der Waals surface area contributed by atoms with E-state index >= 15 is 0 Å². The maximum atomic E-state index is 13.6. The highest BCUT2D eigenvalue weighted by atomic mass is 35.5. The highest BCUT2D eigenvalue weighted by Gasteiger charge is 2.29. The van der Waals surface area contributed by atoms with Crippen molar-refractivity contribution in [2.24, 2.45) is 0 Å². The number of carbonyl (C=O) groups excluding carboxylic acids is 2. The molecule has 4 nitrogen and oxygen atoms in total. The summed E-state index contributed by atoms with van der Waals surface area (Å²) in [6.45, 7) is 0.0684. The number of halogens is 2. The number of carbonyl (C=O) groups is 2. The first-order valence-corrected chi connectivity index (χ1v) is 6.40. The summed E-state index contributed by atoms with van der Waals surface area (Å²) in [4.78, 5) is 23.9. The third-order valence-corrected chi connectivity index (χ3v) is 3.28. The van der Waals surface area contributed by atoms with Gasteiger partial charge in [-0.25, -0.2) is 4.39 Å². The number of rotatable bonds is 6. The van der Waals surface area contributed by atoms with Crippen molar-refractivity contribution in [2.75, 3.05) is 6.54 Å². The van der Waals surface area contributed by atoms with E-state index in [1.54, 1.807) is 12.1 Å². The van der Waals surface area contributed by atoms with E-state index in [0.29, 0.717) is 12.0 Å². The Hall–Kier alpha value is -1.62. The lowest BCUT2D eigenvalue weighted by Crippen LogP contribution is -2.37. The quantitative estimate of drug-likeness (QED) is 0.809. The molecule has 0 unspecified atom stereocenters. The molecule has 1 aliphatic carbocycles. The minimum Gasteiger partial charge on any atom is -0.350 e. The zero-order chi connectivity index (χ0) is 13.8. The van der Waals surface area contributed by atoms with E-state index in [1.807, 2.05) is 0 Å². The molecule has 19 heavy (non-hydrogen) atoms. The van der Waals surface area contributed by atoms with Gasteiger partial charge >= 0.3 is 0 Å². The van der Waals surface area contributed by atoms with E-state index in [2.05, 4.69) is 5.32 Å². The van der Waals surface area contributed by atoms with Gasteiger partial charge in [0, 0.05) is 18.2 Å². The Balaban J connectivity index is 1.86. The molecule has 6 heteroatoms. The first-order chi connectivity index (χ1) is 9.11. The smallest absolute Gasteiger partial charge is 0.239 e. The van der Waals surface area contributed by atoms with Crippen LogP contribution in [0.3, 0.4) is 0 Å². The van der Waals surface area contributed by atoms with E-state index in [9.17, 15) is 14.0 Å². The van der Waals surface area contributed by atoms with Crippen LogP contribution in [0.5, 0.6) is 0 Å². The fraction of sp³-hybridized carbons (Fsp3) is 0.385. The van der Waals surface area contributed by atoms with Crippen molar-refractivity contribution >= 4 is 23.9 Å². The van der Waals surface area contributed by atoms with Crippen molar-refractivity contribution in [3.63, 3.8) is 0 Å². The molecule has 0 bridgehead atoms. The largest absolute Gasteiger partial charge is 0.350 e. The van der Waals surface area contributed by atoms with Gasteiger partial charge in [-0.1, -0.05) is 23.7 Å². The van der Waals surface area contributed by atoms with Gasteiger partial charge < -0.3 is 10.2 Å². The minimum absolute atomic E-state index is 0.0103. The molecule has 1 N–H and O–H groups in total. The summed E-state index contributed by atoms with van der Waals surface area (Å²) in [7, 11) is 0. The van der Waals surface area contributed by atoms with Gasteiger partial charge in [-0.15, -0.1) is 0 Å². The highest BCUT2D eigenvalue weighted by Crippen LogP contribution is 2.25. The molecule has 2 amide bonds. The second-order valence-electron chi connectivity index (χ2n) is 4.50. The van der Waals surface area contributed by atoms with Crippen molar-refractivity contribution in [1.29, 1.82) is 0 Å². The Morgan fingerprint density at radius 2 is 2.26 bits per heavy atom. The maximum Gasteiger partial charge on any atom is 0.239 e. The Bertz CT molecular complexity index is 492. The number of hydrogen-bond acceptors (Lipinski definition) is 2. The molecular formula is C13H14ClFN2O2. The van der Waals surface area contributed by atoms with Crippen LogP contribution in [-0.2, 0) is 16.1 Å². The zero-order valence-electron chi connectivity index (χ0n) is 10.2. The molecule has 0 saturated heterocycles. The molecule has 1 fully saturated rings. The van der Waals surface area contributed by atoms with Crippen molar-refractivity contribution in [2.45, 2.75) is 25.4 Å². The molecule has 0 heterocycles. The van der Waals surface area contributed by atoms with Gasteiger partial charge in [0.2, 0.25) is 12.3 Å². The van der Waals surface area contributed by atoms with E-state index in [0.717, 1.165) is 12.8 Å². The SMILES string of the molecule is O=CN(CC(=O)NCc1cccc(Cl)c1F)C1CC1. The first-order valence-electron chi connectivity index (χ1n) is 6.02. The van der Waals surface area contributed by atoms with E-state index in [1.165, 1.54) is 11.0 Å². The highest BCUT2D eigenvalue weighted by molar-refractivity contribution is 6.30. The molecule has 102 valence electrons. The summed E-state index contributed by atoms with van der Waals surface area (Å²) in [5.74, 6) is -0.836. The lowest BCUT2D eigenvalue weighted by Gasteiger charge is -2.16. The second-order valence-corrected chi connectivity index (χ2v) is 4.91. The van der Waals surface area contributed by atoms with Gasteiger partial charge in [-0.05, 0) is 18.9 Å². The van der Waals surface area contributed by atoms with Gasteiger partial charge in [-0.2, -0.15) is 0 Å². The second kappa shape index (κ2) is 6.02. The minimum atomic E-state index is -0.529. The van der Waals surface area contributed by atoms with E-state index < -0.39 is 5.82 Å². The molecule has 0 spiro atoms. The Labute approximate surface area is 115 Å².